The van der Waals surface area contributed by atoms with Crippen molar-refractivity contribution in [3.05, 3.63) is 47.7 Å². The Morgan fingerprint density at radius 2 is 1.86 bits per heavy atom. The summed E-state index contributed by atoms with van der Waals surface area (Å²) in [7, 11) is -4.04. The third kappa shape index (κ3) is 5.36. The maximum absolute atomic E-state index is 15.2. The lowest BCUT2D eigenvalue weighted by molar-refractivity contribution is -0.140. The van der Waals surface area contributed by atoms with Crippen molar-refractivity contribution in [3.63, 3.8) is 0 Å². The van der Waals surface area contributed by atoms with Gasteiger partial charge in [-0.25, -0.2) is 31.3 Å². The molecule has 196 valence electrons. The Morgan fingerprint density at radius 3 is 2.42 bits per heavy atom. The van der Waals surface area contributed by atoms with Crippen molar-refractivity contribution >= 4 is 21.1 Å². The first-order valence-electron chi connectivity index (χ1n) is 11.1. The van der Waals surface area contributed by atoms with E-state index in [0.717, 1.165) is 18.3 Å². The van der Waals surface area contributed by atoms with Gasteiger partial charge in [0.05, 0.1) is 5.25 Å². The molecule has 0 amide bonds. The molecule has 1 fully saturated rings. The van der Waals surface area contributed by atoms with Crippen LogP contribution in [-0.2, 0) is 22.7 Å². The van der Waals surface area contributed by atoms with E-state index in [0.29, 0.717) is 12.8 Å². The van der Waals surface area contributed by atoms with Crippen LogP contribution in [0.25, 0.3) is 22.3 Å². The number of rotatable bonds is 7. The molecular formula is C23H24F6N4O2S. The highest BCUT2D eigenvalue weighted by atomic mass is 32.2. The lowest BCUT2D eigenvalue weighted by Crippen LogP contribution is -2.35. The average Bonchev–Trinajstić information content (AvgIpc) is 3.55. The number of pyridine rings is 2. The van der Waals surface area contributed by atoms with Crippen molar-refractivity contribution in [1.82, 2.24) is 19.3 Å². The normalized spacial score (nSPS) is 16.2. The van der Waals surface area contributed by atoms with E-state index < -0.39 is 62.1 Å². The number of halogens is 6. The summed E-state index contributed by atoms with van der Waals surface area (Å²) in [6.07, 6.45) is -5.19. The Bertz CT molecular complexity index is 1390. The van der Waals surface area contributed by atoms with Gasteiger partial charge in [0.1, 0.15) is 23.2 Å². The summed E-state index contributed by atoms with van der Waals surface area (Å²) in [5.41, 5.74) is -3.28. The second kappa shape index (κ2) is 9.02. The predicted octanol–water partition coefficient (Wildman–Crippen LogP) is 5.69. The summed E-state index contributed by atoms with van der Waals surface area (Å²) in [5.74, 6) is -1.19. The van der Waals surface area contributed by atoms with E-state index in [-0.39, 0.29) is 23.1 Å². The SMILES string of the molecule is CC(C)(C)Cn1cc([C@H](NS(=O)(=O)C2CC2)C(F)F)c2cc(F)c(-c3cccnc3C(F)(F)F)nc21. The van der Waals surface area contributed by atoms with Crippen LogP contribution in [0.3, 0.4) is 0 Å². The van der Waals surface area contributed by atoms with Crippen LogP contribution in [0.4, 0.5) is 26.3 Å². The lowest BCUT2D eigenvalue weighted by atomic mass is 9.97. The number of hydrogen-bond acceptors (Lipinski definition) is 4. The number of sulfonamides is 1. The van der Waals surface area contributed by atoms with Gasteiger partial charge in [0, 0.05) is 35.5 Å². The molecule has 13 heteroatoms. The molecule has 0 radical (unpaired) electrons. The van der Waals surface area contributed by atoms with Crippen molar-refractivity contribution in [2.45, 2.75) is 64.1 Å². The minimum atomic E-state index is -4.89. The van der Waals surface area contributed by atoms with Crippen molar-refractivity contribution < 1.29 is 34.8 Å². The highest BCUT2D eigenvalue weighted by Crippen LogP contribution is 2.39. The van der Waals surface area contributed by atoms with Crippen molar-refractivity contribution in [1.29, 1.82) is 0 Å². The highest BCUT2D eigenvalue weighted by Gasteiger charge is 2.41. The highest BCUT2D eigenvalue weighted by molar-refractivity contribution is 7.90. The van der Waals surface area contributed by atoms with Crippen LogP contribution in [0.1, 0.15) is 50.9 Å². The first kappa shape index (κ1) is 26.4. The quantitative estimate of drug-likeness (QED) is 0.395. The largest absolute Gasteiger partial charge is 0.434 e. The second-order valence-electron chi connectivity index (χ2n) is 10.0. The van der Waals surface area contributed by atoms with Gasteiger partial charge in [-0.2, -0.15) is 13.2 Å². The Kier molecular flexibility index (Phi) is 6.61. The predicted molar refractivity (Wildman–Crippen MR) is 121 cm³/mol. The molecule has 0 saturated heterocycles. The summed E-state index contributed by atoms with van der Waals surface area (Å²) < 4.78 is 112. The fraction of sp³-hybridized carbons (Fsp3) is 0.478. The van der Waals surface area contributed by atoms with Crippen LogP contribution in [0, 0.1) is 11.2 Å². The summed E-state index contributed by atoms with van der Waals surface area (Å²) in [6, 6.07) is 1.06. The molecule has 3 aromatic rings. The number of hydrogen-bond donors (Lipinski definition) is 1. The maximum Gasteiger partial charge on any atom is 0.434 e. The summed E-state index contributed by atoms with van der Waals surface area (Å²) >= 11 is 0. The van der Waals surface area contributed by atoms with Gasteiger partial charge in [0.25, 0.3) is 6.43 Å². The van der Waals surface area contributed by atoms with Crippen LogP contribution in [0.5, 0.6) is 0 Å². The van der Waals surface area contributed by atoms with Crippen LogP contribution in [0.2, 0.25) is 0 Å². The zero-order valence-electron chi connectivity index (χ0n) is 19.6. The third-order valence-electron chi connectivity index (χ3n) is 5.65. The molecule has 1 saturated carbocycles. The minimum absolute atomic E-state index is 0.0513. The standard InChI is InChI=1S/C23H24F6N4O2S/c1-22(2,3)11-33-10-15(18(20(25)26)32-36(34,35)12-6-7-12)14-9-16(24)17(31-21(14)33)13-5-4-8-30-19(13)23(27,28)29/h4-5,8-10,12,18,20,32H,6-7,11H2,1-3H3/t18-/m0/s1. The van der Waals surface area contributed by atoms with E-state index in [1.54, 1.807) is 0 Å². The molecule has 1 aliphatic carbocycles. The molecule has 0 unspecified atom stereocenters. The third-order valence-corrected chi connectivity index (χ3v) is 7.58. The lowest BCUT2D eigenvalue weighted by Gasteiger charge is -2.20. The summed E-state index contributed by atoms with van der Waals surface area (Å²) in [6.45, 7) is 5.71. The zero-order chi connectivity index (χ0) is 26.6. The minimum Gasteiger partial charge on any atom is -0.332 e. The Labute approximate surface area is 203 Å². The molecule has 0 aromatic carbocycles. The molecule has 36 heavy (non-hydrogen) atoms. The Hall–Kier alpha value is -2.67. The van der Waals surface area contributed by atoms with Gasteiger partial charge in [-0.1, -0.05) is 20.8 Å². The van der Waals surface area contributed by atoms with E-state index >= 15 is 4.39 Å². The molecule has 3 aromatic heterocycles. The first-order valence-corrected chi connectivity index (χ1v) is 12.6. The van der Waals surface area contributed by atoms with Crippen LogP contribution < -0.4 is 4.72 Å². The van der Waals surface area contributed by atoms with E-state index in [1.165, 1.54) is 16.8 Å². The average molecular weight is 535 g/mol. The molecule has 0 spiro atoms. The van der Waals surface area contributed by atoms with E-state index in [2.05, 4.69) is 9.97 Å². The first-order chi connectivity index (χ1) is 16.6. The van der Waals surface area contributed by atoms with Gasteiger partial charge in [-0.15, -0.1) is 0 Å². The molecular weight excluding hydrogens is 510 g/mol. The number of aromatic nitrogens is 3. The van der Waals surface area contributed by atoms with Gasteiger partial charge in [0.15, 0.2) is 5.69 Å². The molecule has 1 N–H and O–H groups in total. The maximum atomic E-state index is 15.2. The van der Waals surface area contributed by atoms with Crippen molar-refractivity contribution in [2.75, 3.05) is 0 Å². The van der Waals surface area contributed by atoms with Gasteiger partial charge >= 0.3 is 6.18 Å². The topological polar surface area (TPSA) is 76.9 Å². The van der Waals surface area contributed by atoms with Crippen LogP contribution in [0.15, 0.2) is 30.6 Å². The molecule has 0 aliphatic heterocycles. The summed E-state index contributed by atoms with van der Waals surface area (Å²) in [5, 5.41) is -0.892. The number of fused-ring (bicyclic) bond motifs is 1. The molecule has 1 aliphatic rings. The summed E-state index contributed by atoms with van der Waals surface area (Å²) in [4.78, 5) is 7.47. The number of alkyl halides is 5. The van der Waals surface area contributed by atoms with E-state index in [1.807, 2.05) is 25.5 Å². The monoisotopic (exact) mass is 534 g/mol. The van der Waals surface area contributed by atoms with Crippen LogP contribution in [-0.4, -0.2) is 34.6 Å². The second-order valence-corrected chi connectivity index (χ2v) is 12.0. The molecule has 0 bridgehead atoms. The molecule has 3 heterocycles. The fourth-order valence-corrected chi connectivity index (χ4v) is 5.53. The number of nitrogens with zero attached hydrogens (tertiary/aromatic N) is 3. The fourth-order valence-electron chi connectivity index (χ4n) is 4.00. The van der Waals surface area contributed by atoms with E-state index in [4.69, 9.17) is 0 Å². The van der Waals surface area contributed by atoms with E-state index in [9.17, 15) is 30.4 Å². The van der Waals surface area contributed by atoms with Gasteiger partial charge < -0.3 is 4.57 Å². The molecule has 4 rings (SSSR count). The van der Waals surface area contributed by atoms with Gasteiger partial charge in [-0.05, 0) is 36.5 Å². The zero-order valence-corrected chi connectivity index (χ0v) is 20.4. The van der Waals surface area contributed by atoms with Crippen LogP contribution >= 0.6 is 0 Å². The number of nitrogens with one attached hydrogen (secondary N) is 1. The Morgan fingerprint density at radius 1 is 1.19 bits per heavy atom. The smallest absolute Gasteiger partial charge is 0.332 e. The van der Waals surface area contributed by atoms with Crippen molar-refractivity contribution in [2.24, 2.45) is 5.41 Å². The van der Waals surface area contributed by atoms with Crippen molar-refractivity contribution in [3.8, 4) is 11.3 Å². The Balaban J connectivity index is 1.94. The molecule has 6 nitrogen and oxygen atoms in total. The van der Waals surface area contributed by atoms with Gasteiger partial charge in [-0.3, -0.25) is 4.98 Å². The molecule has 1 atom stereocenters. The van der Waals surface area contributed by atoms with Gasteiger partial charge in [0.2, 0.25) is 10.0 Å².